The van der Waals surface area contributed by atoms with Crippen molar-refractivity contribution in [3.8, 4) is 5.75 Å². The van der Waals surface area contributed by atoms with Crippen LogP contribution in [0, 0.1) is 17.0 Å². The van der Waals surface area contributed by atoms with Crippen molar-refractivity contribution in [1.82, 2.24) is 0 Å². The number of amides is 1. The average molecular weight is 286 g/mol. The third kappa shape index (κ3) is 3.36. The van der Waals surface area contributed by atoms with E-state index in [1.165, 1.54) is 25.3 Å². The van der Waals surface area contributed by atoms with Gasteiger partial charge in [-0.3, -0.25) is 14.9 Å². The molecule has 0 fully saturated rings. The summed E-state index contributed by atoms with van der Waals surface area (Å²) in [5, 5.41) is 13.4. The summed E-state index contributed by atoms with van der Waals surface area (Å²) in [6, 6.07) is 11.0. The van der Waals surface area contributed by atoms with Gasteiger partial charge in [-0.15, -0.1) is 0 Å². The van der Waals surface area contributed by atoms with Gasteiger partial charge in [-0.1, -0.05) is 6.07 Å². The molecule has 0 aromatic heterocycles. The van der Waals surface area contributed by atoms with Crippen LogP contribution in [-0.2, 0) is 0 Å². The van der Waals surface area contributed by atoms with Crippen LogP contribution in [0.3, 0.4) is 0 Å². The second kappa shape index (κ2) is 6.04. The first-order valence-corrected chi connectivity index (χ1v) is 6.21. The van der Waals surface area contributed by atoms with E-state index < -0.39 is 4.92 Å². The molecule has 0 saturated heterocycles. The highest BCUT2D eigenvalue weighted by atomic mass is 16.6. The SMILES string of the molecule is COc1cccc(C(=O)Nc2ccc([N+](=O)[O-])cc2C)c1. The Kier molecular flexibility index (Phi) is 4.18. The quantitative estimate of drug-likeness (QED) is 0.691. The molecular weight excluding hydrogens is 272 g/mol. The number of carbonyl (C=O) groups is 1. The van der Waals surface area contributed by atoms with E-state index in [1.807, 2.05) is 0 Å². The number of aryl methyl sites for hydroxylation is 1. The number of rotatable bonds is 4. The van der Waals surface area contributed by atoms with Gasteiger partial charge < -0.3 is 10.1 Å². The smallest absolute Gasteiger partial charge is 0.269 e. The van der Waals surface area contributed by atoms with Gasteiger partial charge in [0.25, 0.3) is 11.6 Å². The maximum absolute atomic E-state index is 12.2. The lowest BCUT2D eigenvalue weighted by Crippen LogP contribution is -2.12. The van der Waals surface area contributed by atoms with E-state index in [4.69, 9.17) is 4.74 Å². The highest BCUT2D eigenvalue weighted by Gasteiger charge is 2.11. The Hall–Kier alpha value is -2.89. The maximum Gasteiger partial charge on any atom is 0.269 e. The molecule has 0 saturated carbocycles. The van der Waals surface area contributed by atoms with Crippen LogP contribution in [0.5, 0.6) is 5.75 Å². The summed E-state index contributed by atoms with van der Waals surface area (Å²) in [5.74, 6) is 0.286. The molecular formula is C15H14N2O4. The number of hydrogen-bond acceptors (Lipinski definition) is 4. The first-order valence-electron chi connectivity index (χ1n) is 6.21. The molecule has 2 aromatic carbocycles. The third-order valence-electron chi connectivity index (χ3n) is 3.00. The van der Waals surface area contributed by atoms with Gasteiger partial charge in [0.1, 0.15) is 5.75 Å². The number of carbonyl (C=O) groups excluding carboxylic acids is 1. The van der Waals surface area contributed by atoms with E-state index in [-0.39, 0.29) is 11.6 Å². The fraction of sp³-hybridized carbons (Fsp3) is 0.133. The minimum atomic E-state index is -0.472. The number of hydrogen-bond donors (Lipinski definition) is 1. The molecule has 21 heavy (non-hydrogen) atoms. The summed E-state index contributed by atoms with van der Waals surface area (Å²) in [7, 11) is 1.53. The van der Waals surface area contributed by atoms with Crippen LogP contribution in [0.15, 0.2) is 42.5 Å². The van der Waals surface area contributed by atoms with Gasteiger partial charge >= 0.3 is 0 Å². The van der Waals surface area contributed by atoms with Crippen LogP contribution in [-0.4, -0.2) is 17.9 Å². The standard InChI is InChI=1S/C15H14N2O4/c1-10-8-12(17(19)20)6-7-14(10)16-15(18)11-4-3-5-13(9-11)21-2/h3-9H,1-2H3,(H,16,18). The largest absolute Gasteiger partial charge is 0.497 e. The molecule has 0 bridgehead atoms. The monoisotopic (exact) mass is 286 g/mol. The van der Waals surface area contributed by atoms with E-state index >= 15 is 0 Å². The zero-order chi connectivity index (χ0) is 15.4. The second-order valence-corrected chi connectivity index (χ2v) is 4.44. The summed E-state index contributed by atoms with van der Waals surface area (Å²) in [6.45, 7) is 1.70. The van der Waals surface area contributed by atoms with Gasteiger partial charge in [0.2, 0.25) is 0 Å². The van der Waals surface area contributed by atoms with Crippen LogP contribution in [0.4, 0.5) is 11.4 Å². The Morgan fingerprint density at radius 3 is 2.62 bits per heavy atom. The summed E-state index contributed by atoms with van der Waals surface area (Å²) >= 11 is 0. The van der Waals surface area contributed by atoms with Crippen LogP contribution in [0.25, 0.3) is 0 Å². The number of nitrogens with one attached hydrogen (secondary N) is 1. The molecule has 2 aromatic rings. The number of non-ortho nitro benzene ring substituents is 1. The van der Waals surface area contributed by atoms with E-state index in [2.05, 4.69) is 5.32 Å². The molecule has 0 unspecified atom stereocenters. The lowest BCUT2D eigenvalue weighted by molar-refractivity contribution is -0.384. The molecule has 0 aliphatic heterocycles. The first-order chi connectivity index (χ1) is 10.0. The van der Waals surface area contributed by atoms with Gasteiger partial charge in [-0.05, 0) is 36.8 Å². The molecule has 108 valence electrons. The number of ether oxygens (including phenoxy) is 1. The van der Waals surface area contributed by atoms with E-state index in [1.54, 1.807) is 31.2 Å². The normalized spacial score (nSPS) is 10.0. The highest BCUT2D eigenvalue weighted by Crippen LogP contribution is 2.22. The molecule has 1 amide bonds. The Morgan fingerprint density at radius 1 is 1.24 bits per heavy atom. The van der Waals surface area contributed by atoms with Crippen molar-refractivity contribution < 1.29 is 14.5 Å². The van der Waals surface area contributed by atoms with Crippen molar-refractivity contribution in [2.24, 2.45) is 0 Å². The van der Waals surface area contributed by atoms with Crippen molar-refractivity contribution in [3.05, 3.63) is 63.7 Å². The van der Waals surface area contributed by atoms with Crippen molar-refractivity contribution in [1.29, 1.82) is 0 Å². The van der Waals surface area contributed by atoms with E-state index in [0.29, 0.717) is 22.6 Å². The zero-order valence-corrected chi connectivity index (χ0v) is 11.6. The number of nitro groups is 1. The second-order valence-electron chi connectivity index (χ2n) is 4.44. The summed E-state index contributed by atoms with van der Waals surface area (Å²) in [4.78, 5) is 22.4. The van der Waals surface area contributed by atoms with Crippen LogP contribution in [0.2, 0.25) is 0 Å². The van der Waals surface area contributed by atoms with E-state index in [9.17, 15) is 14.9 Å². The zero-order valence-electron chi connectivity index (χ0n) is 11.6. The highest BCUT2D eigenvalue weighted by molar-refractivity contribution is 6.04. The minimum absolute atomic E-state index is 0.00752. The van der Waals surface area contributed by atoms with Gasteiger partial charge in [0.05, 0.1) is 12.0 Å². The molecule has 0 heterocycles. The molecule has 0 spiro atoms. The Balaban J connectivity index is 2.21. The minimum Gasteiger partial charge on any atom is -0.497 e. The average Bonchev–Trinajstić information content (AvgIpc) is 2.49. The molecule has 0 atom stereocenters. The van der Waals surface area contributed by atoms with Crippen molar-refractivity contribution >= 4 is 17.3 Å². The number of nitro benzene ring substituents is 1. The third-order valence-corrected chi connectivity index (χ3v) is 3.00. The topological polar surface area (TPSA) is 81.5 Å². The Bertz CT molecular complexity index is 698. The van der Waals surface area contributed by atoms with Gasteiger partial charge in [-0.25, -0.2) is 0 Å². The lowest BCUT2D eigenvalue weighted by atomic mass is 10.1. The predicted molar refractivity (Wildman–Crippen MR) is 78.8 cm³/mol. The van der Waals surface area contributed by atoms with Crippen molar-refractivity contribution in [3.63, 3.8) is 0 Å². The molecule has 0 aliphatic carbocycles. The molecule has 6 heteroatoms. The molecule has 0 radical (unpaired) electrons. The predicted octanol–water partition coefficient (Wildman–Crippen LogP) is 3.16. The lowest BCUT2D eigenvalue weighted by Gasteiger charge is -2.09. The van der Waals surface area contributed by atoms with Crippen LogP contribution in [0.1, 0.15) is 15.9 Å². The summed E-state index contributed by atoms with van der Waals surface area (Å²) in [5.41, 5.74) is 1.60. The molecule has 6 nitrogen and oxygen atoms in total. The van der Waals surface area contributed by atoms with Gasteiger partial charge in [0, 0.05) is 23.4 Å². The first kappa shape index (κ1) is 14.5. The van der Waals surface area contributed by atoms with Crippen molar-refractivity contribution in [2.75, 3.05) is 12.4 Å². The number of benzene rings is 2. The summed E-state index contributed by atoms with van der Waals surface area (Å²) < 4.78 is 5.07. The van der Waals surface area contributed by atoms with Crippen LogP contribution < -0.4 is 10.1 Å². The van der Waals surface area contributed by atoms with E-state index in [0.717, 1.165) is 0 Å². The molecule has 1 N–H and O–H groups in total. The fourth-order valence-corrected chi connectivity index (χ4v) is 1.86. The molecule has 0 aliphatic rings. The number of anilines is 1. The Morgan fingerprint density at radius 2 is 2.00 bits per heavy atom. The van der Waals surface area contributed by atoms with Crippen LogP contribution >= 0.6 is 0 Å². The fourth-order valence-electron chi connectivity index (χ4n) is 1.86. The van der Waals surface area contributed by atoms with Crippen molar-refractivity contribution in [2.45, 2.75) is 6.92 Å². The van der Waals surface area contributed by atoms with Gasteiger partial charge in [0.15, 0.2) is 0 Å². The Labute approximate surface area is 121 Å². The van der Waals surface area contributed by atoms with Gasteiger partial charge in [-0.2, -0.15) is 0 Å². The molecule has 2 rings (SSSR count). The number of methoxy groups -OCH3 is 1. The number of nitrogens with zero attached hydrogens (tertiary/aromatic N) is 1. The maximum atomic E-state index is 12.2. The summed E-state index contributed by atoms with van der Waals surface area (Å²) in [6.07, 6.45) is 0.